The summed E-state index contributed by atoms with van der Waals surface area (Å²) in [5, 5.41) is 6.54. The Balaban J connectivity index is 2.10. The highest BCUT2D eigenvalue weighted by Gasteiger charge is 2.35. The summed E-state index contributed by atoms with van der Waals surface area (Å²) in [6, 6.07) is 0. The molecule has 0 aromatic carbocycles. The molecule has 1 aliphatic carbocycles. The molecule has 2 rings (SSSR count). The molecule has 1 saturated carbocycles. The first-order chi connectivity index (χ1) is 8.90. The zero-order valence-corrected chi connectivity index (χ0v) is 12.1. The van der Waals surface area contributed by atoms with E-state index in [4.69, 9.17) is 10.5 Å². The fourth-order valence-corrected chi connectivity index (χ4v) is 3.32. The van der Waals surface area contributed by atoms with Crippen LogP contribution in [0.5, 0.6) is 0 Å². The van der Waals surface area contributed by atoms with E-state index in [9.17, 15) is 4.79 Å². The van der Waals surface area contributed by atoms with Crippen molar-refractivity contribution < 1.29 is 9.53 Å². The molecule has 1 fully saturated rings. The lowest BCUT2D eigenvalue weighted by molar-refractivity contribution is -0.0251. The van der Waals surface area contributed by atoms with Gasteiger partial charge in [-0.05, 0) is 37.5 Å². The molecule has 2 atom stereocenters. The number of nitrogen functional groups attached to an aromatic ring is 1. The highest BCUT2D eigenvalue weighted by molar-refractivity contribution is 5.95. The minimum absolute atomic E-state index is 0.0302. The molecule has 3 N–H and O–H groups in total. The third kappa shape index (κ3) is 2.74. The number of aryl methyl sites for hydroxylation is 1. The van der Waals surface area contributed by atoms with Crippen LogP contribution >= 0.6 is 0 Å². The lowest BCUT2D eigenvalue weighted by Gasteiger charge is -2.37. The largest absolute Gasteiger partial charge is 0.458 e. The Morgan fingerprint density at radius 2 is 1.89 bits per heavy atom. The van der Waals surface area contributed by atoms with Crippen LogP contribution in [-0.4, -0.2) is 22.3 Å². The van der Waals surface area contributed by atoms with Crippen molar-refractivity contribution in [3.05, 3.63) is 11.3 Å². The van der Waals surface area contributed by atoms with E-state index in [1.54, 1.807) is 6.92 Å². The molecule has 0 aliphatic heterocycles. The lowest BCUT2D eigenvalue weighted by atomic mass is 9.75. The van der Waals surface area contributed by atoms with Crippen molar-refractivity contribution >= 4 is 11.8 Å². The van der Waals surface area contributed by atoms with Crippen LogP contribution in [0, 0.1) is 24.7 Å². The normalized spacial score (nSPS) is 31.2. The fourth-order valence-electron chi connectivity index (χ4n) is 3.32. The highest BCUT2D eigenvalue weighted by Crippen LogP contribution is 2.35. The first kappa shape index (κ1) is 13.9. The van der Waals surface area contributed by atoms with Crippen LogP contribution in [-0.2, 0) is 4.74 Å². The highest BCUT2D eigenvalue weighted by atomic mass is 16.5. The van der Waals surface area contributed by atoms with Crippen LogP contribution < -0.4 is 5.73 Å². The second kappa shape index (κ2) is 5.23. The number of ether oxygens (including phenoxy) is 1. The van der Waals surface area contributed by atoms with Gasteiger partial charge >= 0.3 is 5.97 Å². The van der Waals surface area contributed by atoms with Crippen molar-refractivity contribution in [2.45, 2.75) is 46.6 Å². The van der Waals surface area contributed by atoms with E-state index in [1.807, 2.05) is 0 Å². The molecule has 106 valence electrons. The Morgan fingerprint density at radius 3 is 2.37 bits per heavy atom. The molecule has 0 amide bonds. The number of esters is 1. The van der Waals surface area contributed by atoms with Gasteiger partial charge in [0.25, 0.3) is 0 Å². The zero-order valence-electron chi connectivity index (χ0n) is 12.1. The van der Waals surface area contributed by atoms with E-state index in [2.05, 4.69) is 31.0 Å². The standard InChI is InChI=1S/C14H23N3O2/c1-7-5-8(2)12(9(3)6-7)19-14(18)11-10(4)16-17-13(11)15/h7-9,12H,5-6H2,1-4H3,(H3,15,16,17). The number of nitrogens with two attached hydrogens (primary N) is 1. The number of nitrogens with zero attached hydrogens (tertiary/aromatic N) is 1. The topological polar surface area (TPSA) is 81.0 Å². The second-order valence-corrected chi connectivity index (χ2v) is 6.00. The molecule has 1 aromatic rings. The van der Waals surface area contributed by atoms with Crippen LogP contribution in [0.1, 0.15) is 49.7 Å². The van der Waals surface area contributed by atoms with E-state index >= 15 is 0 Å². The van der Waals surface area contributed by atoms with Gasteiger partial charge in [0, 0.05) is 0 Å². The van der Waals surface area contributed by atoms with Gasteiger partial charge in [-0.2, -0.15) is 5.10 Å². The molecule has 0 radical (unpaired) electrons. The van der Waals surface area contributed by atoms with E-state index in [0.29, 0.717) is 29.0 Å². The molecule has 19 heavy (non-hydrogen) atoms. The summed E-state index contributed by atoms with van der Waals surface area (Å²) in [5.74, 6) is 1.39. The van der Waals surface area contributed by atoms with Gasteiger partial charge in [0.1, 0.15) is 17.5 Å². The van der Waals surface area contributed by atoms with Crippen LogP contribution in [0.15, 0.2) is 0 Å². The van der Waals surface area contributed by atoms with E-state index < -0.39 is 0 Å². The Bertz CT molecular complexity index is 438. The van der Waals surface area contributed by atoms with E-state index in [-0.39, 0.29) is 17.9 Å². The Kier molecular flexibility index (Phi) is 3.83. The smallest absolute Gasteiger partial charge is 0.344 e. The quantitative estimate of drug-likeness (QED) is 0.805. The maximum absolute atomic E-state index is 12.2. The summed E-state index contributed by atoms with van der Waals surface area (Å²) >= 11 is 0. The number of anilines is 1. The van der Waals surface area contributed by atoms with Crippen molar-refractivity contribution in [3.8, 4) is 0 Å². The molecule has 2 unspecified atom stereocenters. The van der Waals surface area contributed by atoms with Gasteiger partial charge in [-0.25, -0.2) is 4.79 Å². The third-order valence-electron chi connectivity index (χ3n) is 4.09. The molecule has 1 aromatic heterocycles. The molecular formula is C14H23N3O2. The van der Waals surface area contributed by atoms with E-state index in [1.165, 1.54) is 0 Å². The van der Waals surface area contributed by atoms with Crippen molar-refractivity contribution in [1.29, 1.82) is 0 Å². The van der Waals surface area contributed by atoms with Gasteiger partial charge < -0.3 is 10.5 Å². The lowest BCUT2D eigenvalue weighted by Crippen LogP contribution is -2.37. The fraction of sp³-hybridized carbons (Fsp3) is 0.714. The molecule has 0 bridgehead atoms. The van der Waals surface area contributed by atoms with Crippen molar-refractivity contribution in [2.75, 3.05) is 5.73 Å². The van der Waals surface area contributed by atoms with Crippen LogP contribution in [0.2, 0.25) is 0 Å². The summed E-state index contributed by atoms with van der Waals surface area (Å²) in [4.78, 5) is 12.2. The molecular weight excluding hydrogens is 242 g/mol. The Morgan fingerprint density at radius 1 is 1.32 bits per heavy atom. The number of aromatic nitrogens is 2. The maximum atomic E-state index is 12.2. The second-order valence-electron chi connectivity index (χ2n) is 6.00. The van der Waals surface area contributed by atoms with Crippen molar-refractivity contribution in [3.63, 3.8) is 0 Å². The van der Waals surface area contributed by atoms with Gasteiger partial charge in [0.05, 0.1) is 5.69 Å². The number of H-pyrrole nitrogens is 1. The van der Waals surface area contributed by atoms with Crippen molar-refractivity contribution in [2.24, 2.45) is 17.8 Å². The summed E-state index contributed by atoms with van der Waals surface area (Å²) in [7, 11) is 0. The van der Waals surface area contributed by atoms with Gasteiger partial charge in [-0.1, -0.05) is 20.8 Å². The van der Waals surface area contributed by atoms with Gasteiger partial charge in [-0.15, -0.1) is 0 Å². The summed E-state index contributed by atoms with van der Waals surface area (Å²) in [5.41, 5.74) is 6.68. The van der Waals surface area contributed by atoms with Crippen LogP contribution in [0.25, 0.3) is 0 Å². The molecule has 1 heterocycles. The van der Waals surface area contributed by atoms with Crippen molar-refractivity contribution in [1.82, 2.24) is 10.2 Å². The maximum Gasteiger partial charge on any atom is 0.344 e. The van der Waals surface area contributed by atoms with Gasteiger partial charge in [-0.3, -0.25) is 5.10 Å². The molecule has 1 aliphatic rings. The predicted molar refractivity (Wildman–Crippen MR) is 73.7 cm³/mol. The average molecular weight is 265 g/mol. The number of hydrogen-bond donors (Lipinski definition) is 2. The van der Waals surface area contributed by atoms with E-state index in [0.717, 1.165) is 12.8 Å². The first-order valence-electron chi connectivity index (χ1n) is 6.91. The van der Waals surface area contributed by atoms with Gasteiger partial charge in [0.2, 0.25) is 0 Å². The van der Waals surface area contributed by atoms with Gasteiger partial charge in [0.15, 0.2) is 0 Å². The Hall–Kier alpha value is -1.52. The number of carbonyl (C=O) groups is 1. The monoisotopic (exact) mass is 265 g/mol. The molecule has 0 saturated heterocycles. The summed E-state index contributed by atoms with van der Waals surface area (Å²) < 4.78 is 5.69. The number of hydrogen-bond acceptors (Lipinski definition) is 4. The summed E-state index contributed by atoms with van der Waals surface area (Å²) in [6.45, 7) is 8.30. The predicted octanol–water partition coefficient (Wildman–Crippen LogP) is 2.53. The number of carbonyl (C=O) groups excluding carboxylic acids is 1. The summed E-state index contributed by atoms with van der Waals surface area (Å²) in [6.07, 6.45) is 2.17. The number of nitrogens with one attached hydrogen (secondary N) is 1. The first-order valence-corrected chi connectivity index (χ1v) is 6.91. The Labute approximate surface area is 113 Å². The number of aromatic amines is 1. The molecule has 0 spiro atoms. The zero-order chi connectivity index (χ0) is 14.2. The van der Waals surface area contributed by atoms with Crippen LogP contribution in [0.3, 0.4) is 0 Å². The SMILES string of the molecule is Cc1n[nH]c(N)c1C(=O)OC1C(C)CC(C)CC1C. The average Bonchev–Trinajstić information content (AvgIpc) is 2.63. The minimum Gasteiger partial charge on any atom is -0.458 e. The third-order valence-corrected chi connectivity index (χ3v) is 4.09. The molecule has 5 nitrogen and oxygen atoms in total. The minimum atomic E-state index is -0.359. The number of rotatable bonds is 2. The molecule has 5 heteroatoms. The van der Waals surface area contributed by atoms with Crippen LogP contribution in [0.4, 0.5) is 5.82 Å².